The second-order valence-electron chi connectivity index (χ2n) is 3.73. The van der Waals surface area contributed by atoms with Gasteiger partial charge in [-0.3, -0.25) is 9.78 Å². The Bertz CT molecular complexity index is 545. The number of pyridine rings is 1. The van der Waals surface area contributed by atoms with Crippen LogP contribution in [-0.2, 0) is 4.79 Å². The van der Waals surface area contributed by atoms with Gasteiger partial charge >= 0.3 is 5.97 Å². The van der Waals surface area contributed by atoms with Crippen molar-refractivity contribution in [1.29, 1.82) is 0 Å². The van der Waals surface area contributed by atoms with Gasteiger partial charge in [-0.1, -0.05) is 0 Å². The fourth-order valence-corrected chi connectivity index (χ4v) is 1.48. The largest absolute Gasteiger partial charge is 0.480 e. The van der Waals surface area contributed by atoms with Crippen molar-refractivity contribution in [3.63, 3.8) is 0 Å². The van der Waals surface area contributed by atoms with Crippen LogP contribution in [0.2, 0.25) is 0 Å². The summed E-state index contributed by atoms with van der Waals surface area (Å²) in [5.41, 5.74) is 0.795. The third-order valence-corrected chi connectivity index (χ3v) is 2.32. The normalized spacial score (nSPS) is 10.1. The Labute approximate surface area is 104 Å². The monoisotopic (exact) mass is 244 g/mol. The van der Waals surface area contributed by atoms with Gasteiger partial charge in [0.25, 0.3) is 0 Å². The highest BCUT2D eigenvalue weighted by Crippen LogP contribution is 2.16. The number of rotatable bonds is 4. The van der Waals surface area contributed by atoms with Gasteiger partial charge in [0.1, 0.15) is 12.4 Å². The summed E-state index contributed by atoms with van der Waals surface area (Å²) in [6, 6.07) is 5.32. The number of nitrogens with zero attached hydrogens (tertiary/aromatic N) is 4. The van der Waals surface area contributed by atoms with Gasteiger partial charge in [0.2, 0.25) is 0 Å². The zero-order chi connectivity index (χ0) is 13.0. The van der Waals surface area contributed by atoms with Gasteiger partial charge in [-0.15, -0.1) is 0 Å². The van der Waals surface area contributed by atoms with Gasteiger partial charge in [-0.2, -0.15) is 0 Å². The molecule has 0 fully saturated rings. The maximum absolute atomic E-state index is 10.6. The van der Waals surface area contributed by atoms with Gasteiger partial charge in [0.05, 0.1) is 0 Å². The van der Waals surface area contributed by atoms with Crippen LogP contribution in [0.5, 0.6) is 0 Å². The molecule has 18 heavy (non-hydrogen) atoms. The second-order valence-corrected chi connectivity index (χ2v) is 3.73. The summed E-state index contributed by atoms with van der Waals surface area (Å²) < 4.78 is 0. The van der Waals surface area contributed by atoms with Crippen molar-refractivity contribution in [1.82, 2.24) is 15.0 Å². The Kier molecular flexibility index (Phi) is 3.47. The maximum atomic E-state index is 10.6. The maximum Gasteiger partial charge on any atom is 0.323 e. The Morgan fingerprint density at radius 1 is 1.39 bits per heavy atom. The molecule has 2 heterocycles. The van der Waals surface area contributed by atoms with Crippen molar-refractivity contribution in [3.05, 3.63) is 36.8 Å². The van der Waals surface area contributed by atoms with Crippen LogP contribution in [0.15, 0.2) is 36.8 Å². The number of carboxylic acid groups (broad SMARTS) is 1. The summed E-state index contributed by atoms with van der Waals surface area (Å²) >= 11 is 0. The van der Waals surface area contributed by atoms with Crippen LogP contribution < -0.4 is 4.90 Å². The van der Waals surface area contributed by atoms with Crippen LogP contribution in [0.3, 0.4) is 0 Å². The lowest BCUT2D eigenvalue weighted by Gasteiger charge is -2.15. The molecule has 0 saturated heterocycles. The standard InChI is InChI=1S/C12H12N4O2/c1-16(8-11(17)18)10-4-6-14-12(15-10)9-3-2-5-13-7-9/h2-7H,8H2,1H3,(H,17,18). The van der Waals surface area contributed by atoms with Crippen molar-refractivity contribution in [3.8, 4) is 11.4 Å². The molecule has 92 valence electrons. The number of anilines is 1. The Morgan fingerprint density at radius 2 is 2.22 bits per heavy atom. The van der Waals surface area contributed by atoms with Crippen molar-refractivity contribution in [2.45, 2.75) is 0 Å². The lowest BCUT2D eigenvalue weighted by Crippen LogP contribution is -2.26. The molecular weight excluding hydrogens is 232 g/mol. The Morgan fingerprint density at radius 3 is 2.89 bits per heavy atom. The number of carboxylic acids is 1. The van der Waals surface area contributed by atoms with E-state index in [4.69, 9.17) is 5.11 Å². The topological polar surface area (TPSA) is 79.2 Å². The van der Waals surface area contributed by atoms with E-state index in [0.29, 0.717) is 11.6 Å². The molecule has 0 bridgehead atoms. The molecule has 0 spiro atoms. The molecule has 0 aliphatic carbocycles. The number of carbonyl (C=O) groups is 1. The second kappa shape index (κ2) is 5.22. The quantitative estimate of drug-likeness (QED) is 0.866. The minimum absolute atomic E-state index is 0.108. The molecule has 0 radical (unpaired) electrons. The first-order chi connectivity index (χ1) is 8.66. The van der Waals surface area contributed by atoms with Gasteiger partial charge in [-0.25, -0.2) is 9.97 Å². The van der Waals surface area contributed by atoms with Crippen molar-refractivity contribution in [2.24, 2.45) is 0 Å². The smallest absolute Gasteiger partial charge is 0.323 e. The number of hydrogen-bond acceptors (Lipinski definition) is 5. The zero-order valence-electron chi connectivity index (χ0n) is 9.82. The van der Waals surface area contributed by atoms with Gasteiger partial charge in [0, 0.05) is 31.2 Å². The first kappa shape index (κ1) is 12.0. The number of likely N-dealkylation sites (N-methyl/N-ethyl adjacent to an activating group) is 1. The molecule has 1 N–H and O–H groups in total. The molecule has 6 nitrogen and oxygen atoms in total. The summed E-state index contributed by atoms with van der Waals surface area (Å²) in [6.07, 6.45) is 4.93. The average Bonchev–Trinajstić information content (AvgIpc) is 2.39. The molecular formula is C12H12N4O2. The highest BCUT2D eigenvalue weighted by Gasteiger charge is 2.09. The lowest BCUT2D eigenvalue weighted by molar-refractivity contribution is -0.135. The van der Waals surface area contributed by atoms with Gasteiger partial charge in [-0.05, 0) is 18.2 Å². The molecule has 0 unspecified atom stereocenters. The van der Waals surface area contributed by atoms with Crippen LogP contribution in [-0.4, -0.2) is 39.6 Å². The van der Waals surface area contributed by atoms with E-state index in [1.807, 2.05) is 6.07 Å². The fraction of sp³-hybridized carbons (Fsp3) is 0.167. The van der Waals surface area contributed by atoms with Gasteiger partial charge < -0.3 is 10.0 Å². The summed E-state index contributed by atoms with van der Waals surface area (Å²) in [7, 11) is 1.67. The zero-order valence-corrected chi connectivity index (χ0v) is 9.82. The highest BCUT2D eigenvalue weighted by molar-refractivity contribution is 5.73. The highest BCUT2D eigenvalue weighted by atomic mass is 16.4. The molecule has 6 heteroatoms. The van der Waals surface area contributed by atoms with Crippen molar-refractivity contribution in [2.75, 3.05) is 18.5 Å². The molecule has 0 aliphatic rings. The lowest BCUT2D eigenvalue weighted by atomic mass is 10.2. The first-order valence-corrected chi connectivity index (χ1v) is 5.33. The molecule has 0 atom stereocenters. The van der Waals surface area contributed by atoms with Gasteiger partial charge in [0.15, 0.2) is 5.82 Å². The predicted molar refractivity (Wildman–Crippen MR) is 66.2 cm³/mol. The van der Waals surface area contributed by atoms with E-state index < -0.39 is 5.97 Å². The molecule has 0 amide bonds. The van der Waals surface area contributed by atoms with E-state index >= 15 is 0 Å². The Hall–Kier alpha value is -2.50. The number of aromatic nitrogens is 3. The molecule has 0 aliphatic heterocycles. The van der Waals surface area contributed by atoms with E-state index in [2.05, 4.69) is 15.0 Å². The van der Waals surface area contributed by atoms with Crippen LogP contribution in [0.1, 0.15) is 0 Å². The minimum atomic E-state index is -0.904. The van der Waals surface area contributed by atoms with Crippen LogP contribution in [0.25, 0.3) is 11.4 Å². The summed E-state index contributed by atoms with van der Waals surface area (Å²) in [5, 5.41) is 8.74. The van der Waals surface area contributed by atoms with E-state index in [1.54, 1.807) is 42.7 Å². The average molecular weight is 244 g/mol. The predicted octanol–water partition coefficient (Wildman–Crippen LogP) is 1.06. The summed E-state index contributed by atoms with van der Waals surface area (Å²) in [6.45, 7) is -0.108. The first-order valence-electron chi connectivity index (χ1n) is 5.33. The SMILES string of the molecule is CN(CC(=O)O)c1ccnc(-c2cccnc2)n1. The van der Waals surface area contributed by atoms with Crippen LogP contribution in [0.4, 0.5) is 5.82 Å². The summed E-state index contributed by atoms with van der Waals surface area (Å²) in [4.78, 5) is 24.6. The van der Waals surface area contributed by atoms with Crippen molar-refractivity contribution >= 4 is 11.8 Å². The molecule has 2 aromatic rings. The van der Waals surface area contributed by atoms with E-state index in [1.165, 1.54) is 0 Å². The fourth-order valence-electron chi connectivity index (χ4n) is 1.48. The number of hydrogen-bond donors (Lipinski definition) is 1. The van der Waals surface area contributed by atoms with E-state index in [0.717, 1.165) is 5.56 Å². The molecule has 2 aromatic heterocycles. The molecule has 2 rings (SSSR count). The third-order valence-electron chi connectivity index (χ3n) is 2.32. The minimum Gasteiger partial charge on any atom is -0.480 e. The summed E-state index contributed by atoms with van der Waals surface area (Å²) in [5.74, 6) is 0.183. The molecule has 0 saturated carbocycles. The molecule has 0 aromatic carbocycles. The Balaban J connectivity index is 2.28. The number of aliphatic carboxylic acids is 1. The van der Waals surface area contributed by atoms with Crippen LogP contribution >= 0.6 is 0 Å². The van der Waals surface area contributed by atoms with E-state index in [9.17, 15) is 4.79 Å². The van der Waals surface area contributed by atoms with E-state index in [-0.39, 0.29) is 6.54 Å². The third kappa shape index (κ3) is 2.79. The van der Waals surface area contributed by atoms with Crippen LogP contribution in [0, 0.1) is 0 Å². The van der Waals surface area contributed by atoms with Crippen molar-refractivity contribution < 1.29 is 9.90 Å².